The number of alkyl halides is 6. The number of hydrogen-bond acceptors (Lipinski definition) is 8. The predicted octanol–water partition coefficient (Wildman–Crippen LogP) is 14.8. The largest absolute Gasteiger partial charge is 0.456 e. The Morgan fingerprint density at radius 2 is 0.911 bits per heavy atom. The van der Waals surface area contributed by atoms with Gasteiger partial charge in [0.25, 0.3) is 11.4 Å². The summed E-state index contributed by atoms with van der Waals surface area (Å²) in [5, 5.41) is 24.4. The Balaban J connectivity index is 1.37. The maximum Gasteiger partial charge on any atom is 0.416 e. The monoisotopic (exact) mass is 860 g/mol. The Kier molecular flexibility index (Phi) is 12.3. The average Bonchev–Trinajstić information content (AvgIpc) is 3.15. The highest BCUT2D eigenvalue weighted by Gasteiger charge is 2.46. The van der Waals surface area contributed by atoms with Crippen LogP contribution in [0.1, 0.15) is 86.5 Å². The summed E-state index contributed by atoms with van der Waals surface area (Å²) in [5.41, 5.74) is -1.61. The van der Waals surface area contributed by atoms with E-state index < -0.39 is 42.8 Å². The van der Waals surface area contributed by atoms with Crippen molar-refractivity contribution in [1.82, 2.24) is 0 Å². The molecule has 0 aliphatic heterocycles. The fourth-order valence-corrected chi connectivity index (χ4v) is 11.9. The molecular formula is C38H32Cl2F6N2O6S2. The zero-order valence-corrected chi connectivity index (χ0v) is 32.3. The van der Waals surface area contributed by atoms with Crippen LogP contribution in [-0.2, 0) is 21.8 Å². The van der Waals surface area contributed by atoms with Crippen LogP contribution in [0.15, 0.2) is 72.8 Å². The van der Waals surface area contributed by atoms with Crippen LogP contribution < -0.4 is 9.47 Å². The molecule has 0 spiro atoms. The first kappa shape index (κ1) is 41.8. The minimum atomic E-state index is -4.63. The quantitative estimate of drug-likeness (QED) is 0.0635. The molecule has 4 aromatic carbocycles. The molecule has 0 N–H and O–H groups in total. The molecule has 0 amide bonds. The van der Waals surface area contributed by atoms with Crippen LogP contribution in [-0.4, -0.2) is 9.85 Å². The van der Waals surface area contributed by atoms with Crippen LogP contribution >= 0.6 is 44.8 Å². The lowest BCUT2D eigenvalue weighted by Gasteiger charge is -2.42. The van der Waals surface area contributed by atoms with Crippen molar-refractivity contribution in [2.45, 2.75) is 86.1 Å². The number of halogens is 8. The second kappa shape index (κ2) is 16.5. The Morgan fingerprint density at radius 3 is 1.21 bits per heavy atom. The molecule has 8 nitrogen and oxygen atoms in total. The van der Waals surface area contributed by atoms with Crippen molar-refractivity contribution < 1.29 is 45.7 Å². The smallest absolute Gasteiger partial charge is 0.416 e. The van der Waals surface area contributed by atoms with E-state index in [2.05, 4.69) is 0 Å². The van der Waals surface area contributed by atoms with Crippen molar-refractivity contribution in [2.75, 3.05) is 0 Å². The number of hydrogen-bond donors (Lipinski definition) is 0. The Hall–Kier alpha value is -3.86. The van der Waals surface area contributed by atoms with E-state index in [-0.39, 0.29) is 44.4 Å². The van der Waals surface area contributed by atoms with Gasteiger partial charge in [-0.25, -0.2) is 0 Å². The number of benzene rings is 4. The van der Waals surface area contributed by atoms with Crippen LogP contribution in [0.3, 0.4) is 0 Å². The zero-order chi connectivity index (χ0) is 40.5. The topological polar surface area (TPSA) is 105 Å². The van der Waals surface area contributed by atoms with Gasteiger partial charge in [-0.3, -0.25) is 20.2 Å². The van der Waals surface area contributed by atoms with Crippen molar-refractivity contribution in [2.24, 2.45) is 0 Å². The fraction of sp³-hybridized carbons (Fsp3) is 0.368. The summed E-state index contributed by atoms with van der Waals surface area (Å²) in [6, 6.07) is 13.6. The number of ether oxygens (including phenoxy) is 2. The molecule has 0 unspecified atom stereocenters. The maximum absolute atomic E-state index is 13.3. The summed E-state index contributed by atoms with van der Waals surface area (Å²) in [6.07, 6.45) is -2.53. The van der Waals surface area contributed by atoms with Crippen molar-refractivity contribution in [1.29, 1.82) is 0 Å². The minimum Gasteiger partial charge on any atom is -0.456 e. The first-order valence-corrected chi connectivity index (χ1v) is 20.4. The van der Waals surface area contributed by atoms with Gasteiger partial charge >= 0.3 is 12.4 Å². The molecule has 0 atom stereocenters. The third-order valence-corrected chi connectivity index (χ3v) is 14.7. The van der Waals surface area contributed by atoms with E-state index in [1.807, 2.05) is 0 Å². The summed E-state index contributed by atoms with van der Waals surface area (Å²) < 4.78 is 89.7. The Bertz CT molecular complexity index is 1980. The molecule has 0 aromatic heterocycles. The van der Waals surface area contributed by atoms with Gasteiger partial charge in [-0.05, 0) is 86.3 Å². The third-order valence-electron chi connectivity index (χ3n) is 9.97. The van der Waals surface area contributed by atoms with Gasteiger partial charge in [-0.1, -0.05) is 83.3 Å². The van der Waals surface area contributed by atoms with E-state index in [4.69, 9.17) is 32.7 Å². The first-order chi connectivity index (χ1) is 26.4. The van der Waals surface area contributed by atoms with Gasteiger partial charge in [-0.2, -0.15) is 26.3 Å². The number of nitro benzene ring substituents is 2. The lowest BCUT2D eigenvalue weighted by Crippen LogP contribution is -2.29. The molecule has 6 rings (SSSR count). The van der Waals surface area contributed by atoms with Crippen LogP contribution in [0, 0.1) is 20.2 Å². The van der Waals surface area contributed by atoms with Crippen molar-refractivity contribution in [3.8, 4) is 23.0 Å². The predicted molar refractivity (Wildman–Crippen MR) is 204 cm³/mol. The number of rotatable bonds is 11. The molecule has 2 aliphatic carbocycles. The highest BCUT2D eigenvalue weighted by molar-refractivity contribution is 8.77. The van der Waals surface area contributed by atoms with Crippen molar-refractivity contribution in [3.05, 3.63) is 125 Å². The summed E-state index contributed by atoms with van der Waals surface area (Å²) in [6.45, 7) is 0. The zero-order valence-electron chi connectivity index (χ0n) is 29.2. The Labute approximate surface area is 334 Å². The van der Waals surface area contributed by atoms with Crippen LogP contribution in [0.25, 0.3) is 0 Å². The third kappa shape index (κ3) is 9.13. The average molecular weight is 862 g/mol. The summed E-state index contributed by atoms with van der Waals surface area (Å²) in [7, 11) is 2.81. The molecule has 4 aromatic rings. The fourth-order valence-electron chi connectivity index (χ4n) is 7.18. The molecule has 56 heavy (non-hydrogen) atoms. The number of nitrogens with zero attached hydrogens (tertiary/aromatic N) is 2. The molecular weight excluding hydrogens is 829 g/mol. The highest BCUT2D eigenvalue weighted by Crippen LogP contribution is 2.64. The molecule has 0 saturated heterocycles. The lowest BCUT2D eigenvalue weighted by atomic mass is 9.82. The van der Waals surface area contributed by atoms with Gasteiger partial charge in [0.2, 0.25) is 0 Å². The van der Waals surface area contributed by atoms with E-state index in [0.717, 1.165) is 74.9 Å². The molecule has 298 valence electrons. The second-order valence-corrected chi connectivity index (χ2v) is 17.3. The van der Waals surface area contributed by atoms with Gasteiger partial charge in [0, 0.05) is 12.1 Å². The standard InChI is InChI=1S/C38H32Cl2F6N2O6S2/c39-29-19-23(37(41,42)43)7-13-33(29)53-25-9-11-31(47(49)50)27(21-25)35(15-3-1-4-16-35)55-56-36(17-5-2-6-18-36)28-22-26(10-12-32(28)48(51)52)54-34-14-8-24(20-30(34)40)38(44,45)46/h7-14,19-22H,1-6,15-18H2. The number of nitro groups is 2. The van der Waals surface area contributed by atoms with E-state index in [1.165, 1.54) is 58.0 Å². The van der Waals surface area contributed by atoms with E-state index in [9.17, 15) is 46.6 Å². The van der Waals surface area contributed by atoms with Gasteiger partial charge < -0.3 is 9.47 Å². The summed E-state index contributed by atoms with van der Waals surface area (Å²) in [4.78, 5) is 24.0. The van der Waals surface area contributed by atoms with E-state index >= 15 is 0 Å². The maximum atomic E-state index is 13.3. The van der Waals surface area contributed by atoms with Gasteiger partial charge in [0.15, 0.2) is 0 Å². The van der Waals surface area contributed by atoms with Crippen LogP contribution in [0.2, 0.25) is 10.0 Å². The molecule has 0 heterocycles. The van der Waals surface area contributed by atoms with Crippen LogP contribution in [0.5, 0.6) is 23.0 Å². The molecule has 2 aliphatic rings. The first-order valence-electron chi connectivity index (χ1n) is 17.4. The van der Waals surface area contributed by atoms with Crippen molar-refractivity contribution >= 4 is 56.2 Å². The van der Waals surface area contributed by atoms with Gasteiger partial charge in [-0.15, -0.1) is 0 Å². The Morgan fingerprint density at radius 1 is 0.554 bits per heavy atom. The van der Waals surface area contributed by atoms with E-state index in [0.29, 0.717) is 36.8 Å². The molecule has 2 fully saturated rings. The minimum absolute atomic E-state index is 0.0765. The molecule has 18 heteroatoms. The summed E-state index contributed by atoms with van der Waals surface area (Å²) in [5.74, 6) is 0.0925. The second-order valence-electron chi connectivity index (χ2n) is 13.6. The molecule has 0 bridgehead atoms. The summed E-state index contributed by atoms with van der Waals surface area (Å²) >= 11 is 12.3. The van der Waals surface area contributed by atoms with Gasteiger partial charge in [0.1, 0.15) is 23.0 Å². The molecule has 2 saturated carbocycles. The van der Waals surface area contributed by atoms with Gasteiger partial charge in [0.05, 0.1) is 51.6 Å². The normalized spacial score (nSPS) is 16.9. The molecule has 0 radical (unpaired) electrons. The van der Waals surface area contributed by atoms with Crippen LogP contribution in [0.4, 0.5) is 37.7 Å². The van der Waals surface area contributed by atoms with Crippen molar-refractivity contribution in [3.63, 3.8) is 0 Å². The van der Waals surface area contributed by atoms with E-state index in [1.54, 1.807) is 0 Å². The lowest BCUT2D eigenvalue weighted by molar-refractivity contribution is -0.386. The SMILES string of the molecule is O=[N+]([O-])c1ccc(Oc2ccc(C(F)(F)F)cc2Cl)cc1C1(SSC2(c3cc(Oc4ccc(C(F)(F)F)cc4Cl)ccc3[N+](=O)[O-])CCCCC2)CCCCC1. The highest BCUT2D eigenvalue weighted by atomic mass is 35.5.